The average molecular weight is 161 g/mol. The van der Waals surface area contributed by atoms with E-state index in [2.05, 4.69) is 10.1 Å². The van der Waals surface area contributed by atoms with Crippen molar-refractivity contribution >= 4 is 11.7 Å². The fraction of sp³-hybridized carbons (Fsp3) is 0. The Hall–Kier alpha value is -1.84. The Kier molecular flexibility index (Phi) is 1.51. The maximum atomic E-state index is 8.32. The summed E-state index contributed by atoms with van der Waals surface area (Å²) in [5, 5.41) is 11.2. The highest BCUT2D eigenvalue weighted by molar-refractivity contribution is 5.86. The van der Waals surface area contributed by atoms with E-state index in [1.54, 1.807) is 6.33 Å². The van der Waals surface area contributed by atoms with Crippen LogP contribution in [0.4, 0.5) is 0 Å². The van der Waals surface area contributed by atoms with Crippen LogP contribution in [0.25, 0.3) is 5.52 Å². The van der Waals surface area contributed by atoms with E-state index in [-0.39, 0.29) is 0 Å². The second-order valence-electron chi connectivity index (χ2n) is 2.37. The Bertz CT molecular complexity index is 419. The van der Waals surface area contributed by atoms with Gasteiger partial charge in [-0.15, -0.1) is 0 Å². The van der Waals surface area contributed by atoms with E-state index in [0.717, 1.165) is 5.52 Å². The van der Waals surface area contributed by atoms with Gasteiger partial charge in [0.15, 0.2) is 0 Å². The molecule has 0 aliphatic rings. The van der Waals surface area contributed by atoms with Gasteiger partial charge in [-0.1, -0.05) is 11.2 Å². The van der Waals surface area contributed by atoms with Gasteiger partial charge in [0.2, 0.25) is 0 Å². The molecule has 0 amide bonds. The van der Waals surface area contributed by atoms with Gasteiger partial charge in [-0.05, 0) is 12.1 Å². The van der Waals surface area contributed by atoms with Crippen LogP contribution in [0.1, 0.15) is 5.69 Å². The maximum Gasteiger partial charge on any atom is 0.110 e. The largest absolute Gasteiger partial charge is 0.411 e. The fourth-order valence-electron chi connectivity index (χ4n) is 1.12. The molecule has 0 aliphatic carbocycles. The topological polar surface area (TPSA) is 49.9 Å². The molecular formula is C8H7N3O. The van der Waals surface area contributed by atoms with Gasteiger partial charge in [0.25, 0.3) is 0 Å². The fourth-order valence-corrected chi connectivity index (χ4v) is 1.12. The first-order valence-electron chi connectivity index (χ1n) is 3.51. The lowest BCUT2D eigenvalue weighted by molar-refractivity contribution is 0.322. The summed E-state index contributed by atoms with van der Waals surface area (Å²) < 4.78 is 1.86. The second-order valence-corrected chi connectivity index (χ2v) is 2.37. The van der Waals surface area contributed by atoms with Crippen molar-refractivity contribution in [2.24, 2.45) is 5.16 Å². The molecule has 2 heterocycles. The molecule has 2 aromatic heterocycles. The average Bonchev–Trinajstić information content (AvgIpc) is 2.50. The van der Waals surface area contributed by atoms with Crippen LogP contribution in [-0.4, -0.2) is 20.8 Å². The van der Waals surface area contributed by atoms with Crippen molar-refractivity contribution in [1.82, 2.24) is 9.38 Å². The van der Waals surface area contributed by atoms with Crippen molar-refractivity contribution in [3.05, 3.63) is 36.4 Å². The van der Waals surface area contributed by atoms with Crippen molar-refractivity contribution < 1.29 is 5.21 Å². The minimum Gasteiger partial charge on any atom is -0.411 e. The predicted octanol–water partition coefficient (Wildman–Crippen LogP) is 1.14. The first-order chi connectivity index (χ1) is 5.92. The number of rotatable bonds is 1. The Morgan fingerprint density at radius 1 is 1.50 bits per heavy atom. The smallest absolute Gasteiger partial charge is 0.110 e. The molecule has 0 saturated heterocycles. The van der Waals surface area contributed by atoms with Gasteiger partial charge < -0.3 is 9.61 Å². The number of aromatic nitrogens is 2. The monoisotopic (exact) mass is 161 g/mol. The van der Waals surface area contributed by atoms with Crippen molar-refractivity contribution in [1.29, 1.82) is 0 Å². The Morgan fingerprint density at radius 3 is 3.25 bits per heavy atom. The molecule has 0 atom stereocenters. The van der Waals surface area contributed by atoms with Crippen molar-refractivity contribution in [2.75, 3.05) is 0 Å². The summed E-state index contributed by atoms with van der Waals surface area (Å²) in [6.07, 6.45) is 4.87. The molecule has 0 radical (unpaired) electrons. The third kappa shape index (κ3) is 0.934. The summed E-state index contributed by atoms with van der Waals surface area (Å²) in [7, 11) is 0. The molecule has 0 aromatic carbocycles. The molecule has 0 spiro atoms. The highest BCUT2D eigenvalue weighted by atomic mass is 16.4. The van der Waals surface area contributed by atoms with E-state index in [4.69, 9.17) is 5.21 Å². The highest BCUT2D eigenvalue weighted by Gasteiger charge is 1.98. The van der Waals surface area contributed by atoms with Gasteiger partial charge in [0.05, 0.1) is 18.1 Å². The van der Waals surface area contributed by atoms with Crippen LogP contribution < -0.4 is 0 Å². The van der Waals surface area contributed by atoms with Crippen LogP contribution in [0.15, 0.2) is 35.9 Å². The number of nitrogens with zero attached hydrogens (tertiary/aromatic N) is 3. The number of hydrogen-bond acceptors (Lipinski definition) is 3. The molecule has 0 fully saturated rings. The third-order valence-electron chi connectivity index (χ3n) is 1.65. The molecule has 1 N–H and O–H groups in total. The third-order valence-corrected chi connectivity index (χ3v) is 1.65. The van der Waals surface area contributed by atoms with Crippen LogP contribution in [0.2, 0.25) is 0 Å². The van der Waals surface area contributed by atoms with Gasteiger partial charge >= 0.3 is 0 Å². The van der Waals surface area contributed by atoms with E-state index in [1.807, 2.05) is 28.8 Å². The van der Waals surface area contributed by atoms with E-state index in [9.17, 15) is 0 Å². The van der Waals surface area contributed by atoms with E-state index in [1.165, 1.54) is 6.21 Å². The van der Waals surface area contributed by atoms with Gasteiger partial charge in [-0.3, -0.25) is 0 Å². The van der Waals surface area contributed by atoms with Crippen molar-refractivity contribution in [3.8, 4) is 0 Å². The van der Waals surface area contributed by atoms with Crippen LogP contribution in [0.3, 0.4) is 0 Å². The molecule has 0 saturated carbocycles. The van der Waals surface area contributed by atoms with Crippen LogP contribution in [-0.2, 0) is 0 Å². The minimum atomic E-state index is 0.665. The molecule has 0 aliphatic heterocycles. The lowest BCUT2D eigenvalue weighted by Crippen LogP contribution is -1.83. The SMILES string of the molecule is O/N=C\c1ncn2ccccc12. The molecule has 2 rings (SSSR count). The number of oxime groups is 1. The van der Waals surface area contributed by atoms with Crippen molar-refractivity contribution in [3.63, 3.8) is 0 Å². The zero-order chi connectivity index (χ0) is 8.39. The predicted molar refractivity (Wildman–Crippen MR) is 44.6 cm³/mol. The quantitative estimate of drug-likeness (QED) is 0.387. The van der Waals surface area contributed by atoms with Crippen LogP contribution in [0, 0.1) is 0 Å². The maximum absolute atomic E-state index is 8.32. The summed E-state index contributed by atoms with van der Waals surface area (Å²) in [4.78, 5) is 4.04. The normalized spacial score (nSPS) is 11.3. The zero-order valence-electron chi connectivity index (χ0n) is 6.25. The number of imidazole rings is 1. The van der Waals surface area contributed by atoms with Gasteiger partial charge in [-0.2, -0.15) is 0 Å². The molecule has 0 bridgehead atoms. The van der Waals surface area contributed by atoms with Crippen molar-refractivity contribution in [2.45, 2.75) is 0 Å². The van der Waals surface area contributed by atoms with Gasteiger partial charge in [0, 0.05) is 6.20 Å². The first-order valence-corrected chi connectivity index (χ1v) is 3.51. The number of fused-ring (bicyclic) bond motifs is 1. The van der Waals surface area contributed by atoms with E-state index < -0.39 is 0 Å². The van der Waals surface area contributed by atoms with E-state index >= 15 is 0 Å². The summed E-state index contributed by atoms with van der Waals surface area (Å²) in [5.74, 6) is 0. The number of hydrogen-bond donors (Lipinski definition) is 1. The molecule has 0 unspecified atom stereocenters. The molecule has 12 heavy (non-hydrogen) atoms. The molecule has 60 valence electrons. The van der Waals surface area contributed by atoms with E-state index in [0.29, 0.717) is 5.69 Å². The summed E-state index contributed by atoms with van der Waals surface area (Å²) in [6.45, 7) is 0. The summed E-state index contributed by atoms with van der Waals surface area (Å²) in [5.41, 5.74) is 1.59. The van der Waals surface area contributed by atoms with Gasteiger partial charge in [0.1, 0.15) is 5.69 Å². The van der Waals surface area contributed by atoms with Crippen LogP contribution >= 0.6 is 0 Å². The minimum absolute atomic E-state index is 0.665. The Morgan fingerprint density at radius 2 is 2.42 bits per heavy atom. The molecule has 2 aromatic rings. The molecule has 4 nitrogen and oxygen atoms in total. The van der Waals surface area contributed by atoms with Crippen LogP contribution in [0.5, 0.6) is 0 Å². The molecular weight excluding hydrogens is 154 g/mol. The Balaban J connectivity index is 2.70. The standard InChI is InChI=1S/C8H7N3O/c12-10-5-7-8-3-1-2-4-11(8)6-9-7/h1-6,12H/b10-5-. The lowest BCUT2D eigenvalue weighted by atomic mass is 10.3. The van der Waals surface area contributed by atoms with Gasteiger partial charge in [-0.25, -0.2) is 4.98 Å². The highest BCUT2D eigenvalue weighted by Crippen LogP contribution is 2.05. The number of pyridine rings is 1. The molecule has 4 heteroatoms. The zero-order valence-corrected chi connectivity index (χ0v) is 6.25. The summed E-state index contributed by atoms with van der Waals surface area (Å²) in [6, 6.07) is 5.73. The lowest BCUT2D eigenvalue weighted by Gasteiger charge is -1.90. The Labute approximate surface area is 68.8 Å². The second kappa shape index (κ2) is 2.65. The first kappa shape index (κ1) is 6.84. The summed E-state index contributed by atoms with van der Waals surface area (Å²) >= 11 is 0.